The number of hydrogen-bond donors (Lipinski definition) is 1. The summed E-state index contributed by atoms with van der Waals surface area (Å²) in [6.45, 7) is 4.55. The molecule has 0 aliphatic heterocycles. The Kier molecular flexibility index (Phi) is 5.58. The summed E-state index contributed by atoms with van der Waals surface area (Å²) in [6.07, 6.45) is -0.320. The summed E-state index contributed by atoms with van der Waals surface area (Å²) in [6, 6.07) is 0. The van der Waals surface area contributed by atoms with Crippen molar-refractivity contribution >= 4 is 0 Å². The van der Waals surface area contributed by atoms with Crippen molar-refractivity contribution in [3.63, 3.8) is 0 Å². The monoisotopic (exact) mass is 148 g/mol. The topological polar surface area (TPSA) is 38.7 Å². The van der Waals surface area contributed by atoms with E-state index in [0.29, 0.717) is 13.2 Å². The van der Waals surface area contributed by atoms with Crippen molar-refractivity contribution in [3.05, 3.63) is 0 Å². The second kappa shape index (κ2) is 5.65. The lowest BCUT2D eigenvalue weighted by Gasteiger charge is -2.11. The zero-order chi connectivity index (χ0) is 7.98. The second-order valence-corrected chi connectivity index (χ2v) is 2.49. The van der Waals surface area contributed by atoms with Crippen molar-refractivity contribution in [1.82, 2.24) is 0 Å². The highest BCUT2D eigenvalue weighted by molar-refractivity contribution is 4.51. The lowest BCUT2D eigenvalue weighted by molar-refractivity contribution is -0.0258. The van der Waals surface area contributed by atoms with Gasteiger partial charge in [-0.2, -0.15) is 0 Å². The molecule has 0 aliphatic carbocycles. The predicted octanol–water partition coefficient (Wildman–Crippen LogP) is 0.419. The van der Waals surface area contributed by atoms with E-state index in [1.54, 1.807) is 7.11 Å². The van der Waals surface area contributed by atoms with Crippen LogP contribution in [-0.4, -0.2) is 37.6 Å². The lowest BCUT2D eigenvalue weighted by atomic mass is 10.4. The molecule has 3 heteroatoms. The van der Waals surface area contributed by atoms with Crippen LogP contribution in [-0.2, 0) is 9.47 Å². The highest BCUT2D eigenvalue weighted by Crippen LogP contribution is 1.91. The van der Waals surface area contributed by atoms with Crippen LogP contribution in [0, 0.1) is 0 Å². The van der Waals surface area contributed by atoms with Gasteiger partial charge in [0.15, 0.2) is 0 Å². The van der Waals surface area contributed by atoms with Crippen molar-refractivity contribution in [2.75, 3.05) is 20.3 Å². The lowest BCUT2D eigenvalue weighted by Crippen LogP contribution is -2.22. The van der Waals surface area contributed by atoms with E-state index in [1.807, 2.05) is 13.8 Å². The van der Waals surface area contributed by atoms with Gasteiger partial charge in [-0.15, -0.1) is 0 Å². The van der Waals surface area contributed by atoms with E-state index in [0.717, 1.165) is 0 Å². The zero-order valence-corrected chi connectivity index (χ0v) is 6.83. The maximum Gasteiger partial charge on any atom is 0.101 e. The molecule has 0 unspecified atom stereocenters. The molecular weight excluding hydrogens is 132 g/mol. The first-order chi connectivity index (χ1) is 4.66. The van der Waals surface area contributed by atoms with E-state index >= 15 is 0 Å². The molecule has 0 spiro atoms. The minimum Gasteiger partial charge on any atom is -0.388 e. The summed E-state index contributed by atoms with van der Waals surface area (Å²) in [5.74, 6) is 0. The van der Waals surface area contributed by atoms with Gasteiger partial charge < -0.3 is 14.6 Å². The van der Waals surface area contributed by atoms with E-state index in [2.05, 4.69) is 0 Å². The largest absolute Gasteiger partial charge is 0.388 e. The third-order valence-electron chi connectivity index (χ3n) is 0.981. The summed E-state index contributed by atoms with van der Waals surface area (Å²) in [7, 11) is 1.55. The predicted molar refractivity (Wildman–Crippen MR) is 39.0 cm³/mol. The molecule has 1 N–H and O–H groups in total. The molecule has 0 rings (SSSR count). The van der Waals surface area contributed by atoms with Crippen LogP contribution >= 0.6 is 0 Å². The Morgan fingerprint density at radius 3 is 2.30 bits per heavy atom. The van der Waals surface area contributed by atoms with Gasteiger partial charge >= 0.3 is 0 Å². The molecule has 10 heavy (non-hydrogen) atoms. The summed E-state index contributed by atoms with van der Waals surface area (Å²) in [5, 5.41) is 9.05. The number of aliphatic hydroxyl groups excluding tert-OH is 1. The molecule has 0 radical (unpaired) electrons. The highest BCUT2D eigenvalue weighted by atomic mass is 16.5. The van der Waals surface area contributed by atoms with Gasteiger partial charge in [-0.25, -0.2) is 0 Å². The number of aliphatic hydroxyl groups is 1. The van der Waals surface area contributed by atoms with Gasteiger partial charge in [-0.1, -0.05) is 0 Å². The second-order valence-electron chi connectivity index (χ2n) is 2.49. The average molecular weight is 148 g/mol. The first kappa shape index (κ1) is 9.88. The quantitative estimate of drug-likeness (QED) is 0.614. The molecule has 0 saturated heterocycles. The highest BCUT2D eigenvalue weighted by Gasteiger charge is 2.03. The van der Waals surface area contributed by atoms with Crippen LogP contribution in [0.5, 0.6) is 0 Å². The van der Waals surface area contributed by atoms with Crippen molar-refractivity contribution in [2.24, 2.45) is 0 Å². The molecule has 0 aromatic heterocycles. The van der Waals surface area contributed by atoms with Crippen LogP contribution in [0.4, 0.5) is 0 Å². The van der Waals surface area contributed by atoms with Crippen molar-refractivity contribution in [3.8, 4) is 0 Å². The van der Waals surface area contributed by atoms with Gasteiger partial charge in [0, 0.05) is 7.11 Å². The number of hydrogen-bond acceptors (Lipinski definition) is 3. The Morgan fingerprint density at radius 1 is 1.30 bits per heavy atom. The molecule has 0 bridgehead atoms. The minimum atomic E-state index is -0.493. The first-order valence-electron chi connectivity index (χ1n) is 3.45. The summed E-state index contributed by atoms with van der Waals surface area (Å²) >= 11 is 0. The van der Waals surface area contributed by atoms with Gasteiger partial charge in [0.2, 0.25) is 0 Å². The van der Waals surface area contributed by atoms with E-state index < -0.39 is 6.10 Å². The van der Waals surface area contributed by atoms with Gasteiger partial charge in [0.1, 0.15) is 6.10 Å². The molecule has 0 aromatic rings. The molecular formula is C7H16O3. The fourth-order valence-corrected chi connectivity index (χ4v) is 0.544. The Balaban J connectivity index is 3.12. The third kappa shape index (κ3) is 6.01. The van der Waals surface area contributed by atoms with Gasteiger partial charge in [-0.05, 0) is 13.8 Å². The normalized spacial score (nSPS) is 14.1. The van der Waals surface area contributed by atoms with E-state index in [9.17, 15) is 0 Å². The van der Waals surface area contributed by atoms with Crippen LogP contribution in [0.1, 0.15) is 13.8 Å². The Labute approximate surface area is 62.0 Å². The van der Waals surface area contributed by atoms with Crippen molar-refractivity contribution in [1.29, 1.82) is 0 Å². The first-order valence-corrected chi connectivity index (χ1v) is 3.45. The van der Waals surface area contributed by atoms with Gasteiger partial charge in [-0.3, -0.25) is 0 Å². The molecule has 0 fully saturated rings. The molecule has 3 nitrogen and oxygen atoms in total. The number of rotatable bonds is 5. The minimum absolute atomic E-state index is 0.173. The Bertz CT molecular complexity index is 73.3. The fourth-order valence-electron chi connectivity index (χ4n) is 0.544. The summed E-state index contributed by atoms with van der Waals surface area (Å²) < 4.78 is 9.83. The molecule has 0 aromatic carbocycles. The third-order valence-corrected chi connectivity index (χ3v) is 0.981. The number of methoxy groups -OCH3 is 1. The standard InChI is InChI=1S/C7H16O3/c1-6(2)10-5-7(8)4-9-3/h6-8H,4-5H2,1-3H3/t7-/m1/s1. The number of ether oxygens (including phenoxy) is 2. The molecule has 62 valence electrons. The van der Waals surface area contributed by atoms with Crippen LogP contribution in [0.15, 0.2) is 0 Å². The Hall–Kier alpha value is -0.120. The van der Waals surface area contributed by atoms with Crippen molar-refractivity contribution in [2.45, 2.75) is 26.1 Å². The maximum atomic E-state index is 9.05. The van der Waals surface area contributed by atoms with Crippen LogP contribution in [0.3, 0.4) is 0 Å². The maximum absolute atomic E-state index is 9.05. The average Bonchev–Trinajstić information content (AvgIpc) is 1.85. The van der Waals surface area contributed by atoms with Crippen LogP contribution < -0.4 is 0 Å². The van der Waals surface area contributed by atoms with Gasteiger partial charge in [0.25, 0.3) is 0 Å². The van der Waals surface area contributed by atoms with E-state index in [-0.39, 0.29) is 6.10 Å². The van der Waals surface area contributed by atoms with Crippen LogP contribution in [0.2, 0.25) is 0 Å². The smallest absolute Gasteiger partial charge is 0.101 e. The van der Waals surface area contributed by atoms with Crippen molar-refractivity contribution < 1.29 is 14.6 Å². The van der Waals surface area contributed by atoms with E-state index in [4.69, 9.17) is 14.6 Å². The fraction of sp³-hybridized carbons (Fsp3) is 1.00. The molecule has 0 heterocycles. The Morgan fingerprint density at radius 2 is 1.90 bits per heavy atom. The molecule has 0 amide bonds. The van der Waals surface area contributed by atoms with E-state index in [1.165, 1.54) is 0 Å². The zero-order valence-electron chi connectivity index (χ0n) is 6.83. The molecule has 0 saturated carbocycles. The SMILES string of the molecule is COC[C@@H](O)COC(C)C. The summed E-state index contributed by atoms with van der Waals surface area (Å²) in [4.78, 5) is 0. The molecule has 1 atom stereocenters. The van der Waals surface area contributed by atoms with Gasteiger partial charge in [0.05, 0.1) is 19.3 Å². The van der Waals surface area contributed by atoms with Crippen LogP contribution in [0.25, 0.3) is 0 Å². The summed E-state index contributed by atoms with van der Waals surface area (Å²) in [5.41, 5.74) is 0. The molecule has 0 aliphatic rings.